The number of carbonyl (C=O) groups is 2. The minimum Gasteiger partial charge on any atom is -0.456 e. The van der Waals surface area contributed by atoms with Gasteiger partial charge >= 0.3 is 0 Å². The average molecular weight is 510 g/mol. The quantitative estimate of drug-likeness (QED) is 0.457. The van der Waals surface area contributed by atoms with Crippen LogP contribution in [-0.2, 0) is 17.8 Å². The highest BCUT2D eigenvalue weighted by molar-refractivity contribution is 6.31. The molecule has 5 heterocycles. The Labute approximate surface area is 213 Å². The minimum atomic E-state index is -0.198. The van der Waals surface area contributed by atoms with E-state index in [9.17, 15) is 14.9 Å². The predicted octanol–water partition coefficient (Wildman–Crippen LogP) is 3.96. The number of aryl methyl sites for hydroxylation is 1. The molecule has 6 bridgehead atoms. The van der Waals surface area contributed by atoms with Crippen molar-refractivity contribution in [2.24, 2.45) is 0 Å². The highest BCUT2D eigenvalue weighted by Crippen LogP contribution is 2.37. The molecule has 2 amide bonds. The molecule has 8 nitrogen and oxygen atoms in total. The minimum absolute atomic E-state index is 0. The van der Waals surface area contributed by atoms with E-state index in [-0.39, 0.29) is 36.8 Å². The molecule has 35 heavy (non-hydrogen) atoms. The topological polar surface area (TPSA) is 91.5 Å². The molecule has 0 radical (unpaired) electrons. The zero-order chi connectivity index (χ0) is 23.4. The number of piperazine rings is 1. The van der Waals surface area contributed by atoms with E-state index in [1.165, 1.54) is 0 Å². The van der Waals surface area contributed by atoms with Gasteiger partial charge in [-0.1, -0.05) is 17.7 Å². The maximum atomic E-state index is 13.4. The van der Waals surface area contributed by atoms with Gasteiger partial charge in [-0.3, -0.25) is 9.59 Å². The monoisotopic (exact) mass is 509 g/mol. The molecule has 1 fully saturated rings. The first-order chi connectivity index (χ1) is 16.5. The summed E-state index contributed by atoms with van der Waals surface area (Å²) in [6.07, 6.45) is 3.13. The van der Waals surface area contributed by atoms with Gasteiger partial charge in [0.2, 0.25) is 5.91 Å². The van der Waals surface area contributed by atoms with E-state index in [4.69, 9.17) is 16.3 Å². The number of carbonyl (C=O) groups excluding carboxylic acids is 2. The van der Waals surface area contributed by atoms with E-state index in [1.54, 1.807) is 40.3 Å². The van der Waals surface area contributed by atoms with Crippen molar-refractivity contribution in [1.29, 1.82) is 5.26 Å². The van der Waals surface area contributed by atoms with Crippen molar-refractivity contribution < 1.29 is 14.3 Å². The molecular formula is C25H21Cl2N5O3. The second-order valence-electron chi connectivity index (χ2n) is 8.75. The molecule has 2 aromatic carbocycles. The standard InChI is InChI=1S/C25H20ClN5O3.ClH/c26-19-4-3-18-9-17(19)13-29-7-8-30(14-24(29)32)25(33)21-12-28-23-6-5-20(31(21)23)15-1-2-16(11-27)22(10-15)34-18;/h1-4,9-10,12,20H,5-8,13-14H2;1H/t20-;/m0./s1. The number of amides is 2. The average Bonchev–Trinajstić information content (AvgIpc) is 3.44. The molecule has 0 unspecified atom stereocenters. The molecule has 1 aromatic heterocycles. The van der Waals surface area contributed by atoms with Crippen LogP contribution in [0.4, 0.5) is 0 Å². The number of benzene rings is 2. The van der Waals surface area contributed by atoms with Gasteiger partial charge in [0.15, 0.2) is 0 Å². The SMILES string of the molecule is Cl.N#Cc1ccc2cc1Oc1ccc(Cl)c(c1)CN1CCN(CC1=O)C(=O)c1cnc3n1[C@H]2CC3. The predicted molar refractivity (Wildman–Crippen MR) is 130 cm³/mol. The Kier molecular flexibility index (Phi) is 5.91. The van der Waals surface area contributed by atoms with Crippen molar-refractivity contribution in [3.05, 3.63) is 75.8 Å². The van der Waals surface area contributed by atoms with Gasteiger partial charge in [-0.15, -0.1) is 12.4 Å². The first-order valence-electron chi connectivity index (χ1n) is 11.2. The van der Waals surface area contributed by atoms with Crippen LogP contribution in [0.15, 0.2) is 42.6 Å². The van der Waals surface area contributed by atoms with E-state index in [0.29, 0.717) is 47.4 Å². The van der Waals surface area contributed by atoms with E-state index >= 15 is 0 Å². The Morgan fingerprint density at radius 3 is 2.71 bits per heavy atom. The maximum absolute atomic E-state index is 13.4. The highest BCUT2D eigenvalue weighted by atomic mass is 35.5. The fourth-order valence-electron chi connectivity index (χ4n) is 5.00. The highest BCUT2D eigenvalue weighted by Gasteiger charge is 2.34. The molecule has 0 aliphatic carbocycles. The van der Waals surface area contributed by atoms with Crippen LogP contribution in [0.3, 0.4) is 0 Å². The molecule has 4 aliphatic heterocycles. The molecule has 3 aromatic rings. The fourth-order valence-corrected chi connectivity index (χ4v) is 5.18. The lowest BCUT2D eigenvalue weighted by molar-refractivity contribution is -0.135. The summed E-state index contributed by atoms with van der Waals surface area (Å²) in [6.45, 7) is 1.17. The van der Waals surface area contributed by atoms with Gasteiger partial charge in [0.25, 0.3) is 5.91 Å². The number of hydrogen-bond donors (Lipinski definition) is 0. The third-order valence-corrected chi connectivity index (χ3v) is 7.14. The molecule has 1 saturated heterocycles. The molecule has 0 saturated carbocycles. The molecule has 178 valence electrons. The Balaban J connectivity index is 0.00000253. The van der Waals surface area contributed by atoms with Crippen LogP contribution >= 0.6 is 24.0 Å². The van der Waals surface area contributed by atoms with Gasteiger partial charge in [0.1, 0.15) is 35.6 Å². The summed E-state index contributed by atoms with van der Waals surface area (Å²) in [5.41, 5.74) is 2.56. The lowest BCUT2D eigenvalue weighted by Crippen LogP contribution is -2.52. The summed E-state index contributed by atoms with van der Waals surface area (Å²) < 4.78 is 8.13. The van der Waals surface area contributed by atoms with E-state index in [0.717, 1.165) is 29.8 Å². The van der Waals surface area contributed by atoms with Crippen molar-refractivity contribution in [2.75, 3.05) is 19.6 Å². The summed E-state index contributed by atoms with van der Waals surface area (Å²) in [5, 5.41) is 10.2. The molecule has 1 atom stereocenters. The number of hydrogen-bond acceptors (Lipinski definition) is 5. The van der Waals surface area contributed by atoms with Gasteiger partial charge in [0, 0.05) is 31.1 Å². The number of fused-ring (bicyclic) bond motifs is 2. The third kappa shape index (κ3) is 3.91. The molecule has 7 rings (SSSR count). The summed E-state index contributed by atoms with van der Waals surface area (Å²) >= 11 is 6.43. The Morgan fingerprint density at radius 2 is 1.91 bits per heavy atom. The molecule has 10 heteroatoms. The number of halogens is 2. The number of nitriles is 1. The largest absolute Gasteiger partial charge is 0.456 e. The fraction of sp³-hybridized carbons (Fsp3) is 0.280. The van der Waals surface area contributed by atoms with Crippen molar-refractivity contribution in [3.8, 4) is 17.6 Å². The van der Waals surface area contributed by atoms with E-state index < -0.39 is 0 Å². The van der Waals surface area contributed by atoms with Crippen LogP contribution in [0, 0.1) is 11.3 Å². The Morgan fingerprint density at radius 1 is 1.09 bits per heavy atom. The van der Waals surface area contributed by atoms with Crippen LogP contribution in [-0.4, -0.2) is 50.8 Å². The van der Waals surface area contributed by atoms with E-state index in [1.807, 2.05) is 16.7 Å². The number of aromatic nitrogens is 2. The molecule has 0 N–H and O–H groups in total. The number of ether oxygens (including phenoxy) is 1. The third-order valence-electron chi connectivity index (χ3n) is 6.77. The first kappa shape index (κ1) is 23.2. The summed E-state index contributed by atoms with van der Waals surface area (Å²) in [6, 6.07) is 12.9. The van der Waals surface area contributed by atoms with Gasteiger partial charge in [-0.25, -0.2) is 4.98 Å². The van der Waals surface area contributed by atoms with Gasteiger partial charge in [-0.2, -0.15) is 5.26 Å². The summed E-state index contributed by atoms with van der Waals surface area (Å²) in [4.78, 5) is 34.2. The van der Waals surface area contributed by atoms with Crippen molar-refractivity contribution in [1.82, 2.24) is 19.4 Å². The normalized spacial score (nSPS) is 18.6. The first-order valence-corrected chi connectivity index (χ1v) is 11.5. The summed E-state index contributed by atoms with van der Waals surface area (Å²) in [7, 11) is 0. The van der Waals surface area contributed by atoms with Crippen molar-refractivity contribution in [2.45, 2.75) is 25.4 Å². The Bertz CT molecular complexity index is 1400. The molecular weight excluding hydrogens is 489 g/mol. The van der Waals surface area contributed by atoms with Crippen LogP contribution < -0.4 is 4.74 Å². The van der Waals surface area contributed by atoms with Crippen LogP contribution in [0.5, 0.6) is 11.5 Å². The lowest BCUT2D eigenvalue weighted by atomic mass is 10.0. The van der Waals surface area contributed by atoms with Crippen LogP contribution in [0.25, 0.3) is 0 Å². The van der Waals surface area contributed by atoms with Gasteiger partial charge < -0.3 is 19.1 Å². The van der Waals surface area contributed by atoms with Gasteiger partial charge in [0.05, 0.1) is 17.8 Å². The maximum Gasteiger partial charge on any atom is 0.272 e. The van der Waals surface area contributed by atoms with Crippen LogP contribution in [0.2, 0.25) is 5.02 Å². The zero-order valence-corrected chi connectivity index (χ0v) is 20.2. The van der Waals surface area contributed by atoms with Gasteiger partial charge in [-0.05, 0) is 47.9 Å². The number of nitrogens with zero attached hydrogens (tertiary/aromatic N) is 5. The Hall–Kier alpha value is -3.54. The smallest absolute Gasteiger partial charge is 0.272 e. The number of rotatable bonds is 0. The van der Waals surface area contributed by atoms with E-state index in [2.05, 4.69) is 11.1 Å². The lowest BCUT2D eigenvalue weighted by Gasteiger charge is -2.35. The second-order valence-corrected chi connectivity index (χ2v) is 9.16. The second kappa shape index (κ2) is 8.91. The molecule has 0 spiro atoms. The molecule has 4 aliphatic rings. The van der Waals surface area contributed by atoms with Crippen molar-refractivity contribution in [3.63, 3.8) is 0 Å². The number of imidazole rings is 1. The van der Waals surface area contributed by atoms with Crippen molar-refractivity contribution >= 4 is 35.8 Å². The van der Waals surface area contributed by atoms with Crippen LogP contribution in [0.1, 0.15) is 45.5 Å². The zero-order valence-electron chi connectivity index (χ0n) is 18.6. The summed E-state index contributed by atoms with van der Waals surface area (Å²) in [5.74, 6) is 1.48.